The van der Waals surface area contributed by atoms with E-state index in [2.05, 4.69) is 20.7 Å². The first kappa shape index (κ1) is 21.2. The largest absolute Gasteiger partial charge is 0.376 e. The molecular formula is C21H19ClN4O4. The van der Waals surface area contributed by atoms with Gasteiger partial charge in [0.2, 0.25) is 0 Å². The van der Waals surface area contributed by atoms with Crippen molar-refractivity contribution in [1.29, 1.82) is 0 Å². The molecule has 1 fully saturated rings. The Morgan fingerprint density at radius 3 is 2.50 bits per heavy atom. The number of benzene rings is 2. The van der Waals surface area contributed by atoms with Crippen LogP contribution in [0.4, 0.5) is 0 Å². The van der Waals surface area contributed by atoms with Gasteiger partial charge < -0.3 is 10.2 Å². The summed E-state index contributed by atoms with van der Waals surface area (Å²) in [5, 5.41) is 4.63. The van der Waals surface area contributed by atoms with Crippen LogP contribution in [0.5, 0.6) is 0 Å². The first-order chi connectivity index (χ1) is 14.4. The topological polar surface area (TPSA) is 100 Å². The Labute approximate surface area is 178 Å². The Hall–Kier alpha value is -3.49. The van der Waals surface area contributed by atoms with Gasteiger partial charge in [0.25, 0.3) is 11.8 Å². The number of hydrogen-bond acceptors (Lipinski definition) is 6. The van der Waals surface area contributed by atoms with Gasteiger partial charge in [-0.25, -0.2) is 9.79 Å². The molecule has 1 heterocycles. The van der Waals surface area contributed by atoms with Gasteiger partial charge >= 0.3 is 5.97 Å². The summed E-state index contributed by atoms with van der Waals surface area (Å²) >= 11 is 5.87. The zero-order valence-corrected chi connectivity index (χ0v) is 16.8. The lowest BCUT2D eigenvalue weighted by molar-refractivity contribution is -0.142. The maximum atomic E-state index is 12.7. The number of nitrogens with one attached hydrogen (secondary N) is 2. The van der Waals surface area contributed by atoms with Gasteiger partial charge in [0.1, 0.15) is 11.4 Å². The quantitative estimate of drug-likeness (QED) is 0.542. The summed E-state index contributed by atoms with van der Waals surface area (Å²) in [4.78, 5) is 45.6. The second kappa shape index (κ2) is 9.82. The summed E-state index contributed by atoms with van der Waals surface area (Å²) in [5.74, 6) is -1.88. The van der Waals surface area contributed by atoms with Crippen molar-refractivity contribution < 1.29 is 19.2 Å². The molecular weight excluding hydrogens is 408 g/mol. The molecule has 0 saturated carbocycles. The molecule has 8 nitrogen and oxygen atoms in total. The van der Waals surface area contributed by atoms with Gasteiger partial charge in [0.15, 0.2) is 0 Å². The van der Waals surface area contributed by atoms with Crippen LogP contribution in [0.15, 0.2) is 71.4 Å². The third kappa shape index (κ3) is 5.53. The van der Waals surface area contributed by atoms with E-state index < -0.39 is 17.8 Å². The van der Waals surface area contributed by atoms with Crippen LogP contribution < -0.4 is 10.9 Å². The van der Waals surface area contributed by atoms with E-state index in [1.807, 2.05) is 12.1 Å². The fourth-order valence-corrected chi connectivity index (χ4v) is 2.72. The first-order valence-electron chi connectivity index (χ1n) is 9.07. The number of hydrogen-bond donors (Lipinski definition) is 2. The normalized spacial score (nSPS) is 15.3. The molecule has 0 aliphatic carbocycles. The Morgan fingerprint density at radius 2 is 1.87 bits per heavy atom. The molecule has 0 radical (unpaired) electrons. The molecule has 30 heavy (non-hydrogen) atoms. The van der Waals surface area contributed by atoms with Gasteiger partial charge in [-0.3, -0.25) is 14.6 Å². The average molecular weight is 427 g/mol. The SMILES string of the molecule is CN1NOC(=O)/C1=C/C(=NC(=O)c1ccccc1)C(=O)NCCc1ccc(Cl)cc1. The maximum Gasteiger partial charge on any atom is 0.376 e. The van der Waals surface area contributed by atoms with Crippen molar-refractivity contribution in [2.75, 3.05) is 13.6 Å². The number of rotatable bonds is 6. The van der Waals surface area contributed by atoms with Crippen molar-refractivity contribution in [2.24, 2.45) is 4.99 Å². The van der Waals surface area contributed by atoms with E-state index in [0.29, 0.717) is 23.6 Å². The first-order valence-corrected chi connectivity index (χ1v) is 9.45. The van der Waals surface area contributed by atoms with E-state index in [1.165, 1.54) is 18.1 Å². The van der Waals surface area contributed by atoms with E-state index in [0.717, 1.165) is 5.56 Å². The van der Waals surface area contributed by atoms with Crippen molar-refractivity contribution in [1.82, 2.24) is 15.9 Å². The van der Waals surface area contributed by atoms with E-state index >= 15 is 0 Å². The molecule has 1 aliphatic rings. The minimum atomic E-state index is -0.689. The molecule has 2 amide bonds. The molecule has 154 valence electrons. The van der Waals surface area contributed by atoms with Crippen LogP contribution in [0, 0.1) is 0 Å². The Bertz CT molecular complexity index is 1000. The maximum absolute atomic E-state index is 12.7. The number of halogens is 1. The summed E-state index contributed by atoms with van der Waals surface area (Å²) < 4.78 is 0. The number of amides is 2. The minimum Gasteiger partial charge on any atom is -0.350 e. The lowest BCUT2D eigenvalue weighted by atomic mass is 10.1. The molecule has 1 aliphatic heterocycles. The highest BCUT2D eigenvalue weighted by Crippen LogP contribution is 2.11. The highest BCUT2D eigenvalue weighted by atomic mass is 35.5. The molecule has 9 heteroatoms. The number of aliphatic imine (C=N–C) groups is 1. The summed E-state index contributed by atoms with van der Waals surface area (Å²) in [5.41, 5.74) is 3.50. The lowest BCUT2D eigenvalue weighted by Crippen LogP contribution is -2.33. The summed E-state index contributed by atoms with van der Waals surface area (Å²) in [6, 6.07) is 15.6. The van der Waals surface area contributed by atoms with Gasteiger partial charge in [-0.15, -0.1) is 0 Å². The molecule has 0 bridgehead atoms. The molecule has 1 saturated heterocycles. The van der Waals surface area contributed by atoms with Gasteiger partial charge in [0.05, 0.1) is 0 Å². The lowest BCUT2D eigenvalue weighted by Gasteiger charge is -2.09. The van der Waals surface area contributed by atoms with Gasteiger partial charge in [-0.05, 0) is 36.2 Å². The van der Waals surface area contributed by atoms with Gasteiger partial charge in [-0.2, -0.15) is 0 Å². The van der Waals surface area contributed by atoms with Crippen LogP contribution in [-0.2, 0) is 20.8 Å². The number of nitrogens with zero attached hydrogens (tertiary/aromatic N) is 2. The van der Waals surface area contributed by atoms with E-state index in [4.69, 9.17) is 11.6 Å². The smallest absolute Gasteiger partial charge is 0.350 e. The molecule has 0 atom stereocenters. The van der Waals surface area contributed by atoms with Crippen LogP contribution >= 0.6 is 11.6 Å². The third-order valence-corrected chi connectivity index (χ3v) is 4.46. The van der Waals surface area contributed by atoms with Gasteiger partial charge in [-0.1, -0.05) is 47.5 Å². The predicted octanol–water partition coefficient (Wildman–Crippen LogP) is 2.07. The molecule has 0 unspecified atom stereocenters. The monoisotopic (exact) mass is 426 g/mol. The molecule has 2 aromatic carbocycles. The van der Waals surface area contributed by atoms with Crippen LogP contribution in [0.3, 0.4) is 0 Å². The number of carbonyl (C=O) groups excluding carboxylic acids is 3. The Balaban J connectivity index is 1.77. The van der Waals surface area contributed by atoms with E-state index in [-0.39, 0.29) is 11.4 Å². The fraction of sp³-hybridized carbons (Fsp3) is 0.143. The van der Waals surface area contributed by atoms with Crippen molar-refractivity contribution in [3.8, 4) is 0 Å². The second-order valence-corrected chi connectivity index (χ2v) is 6.81. The molecule has 2 N–H and O–H groups in total. The number of likely N-dealkylation sites (N-methyl/N-ethyl adjacent to an activating group) is 1. The molecule has 3 rings (SSSR count). The second-order valence-electron chi connectivity index (χ2n) is 6.37. The van der Waals surface area contributed by atoms with E-state index in [1.54, 1.807) is 42.5 Å². The number of carbonyl (C=O) groups is 3. The Kier molecular flexibility index (Phi) is 6.95. The van der Waals surface area contributed by atoms with Crippen molar-refractivity contribution in [3.05, 3.63) is 82.5 Å². The highest BCUT2D eigenvalue weighted by Gasteiger charge is 2.26. The standard InChI is InChI=1S/C21H19ClN4O4/c1-26-18(21(29)30-25-26)13-17(24-19(27)15-5-3-2-4-6-15)20(28)23-12-11-14-7-9-16(22)10-8-14/h2-10,13,25H,11-12H2,1H3,(H,23,28)/b18-13-,24-17?. The summed E-state index contributed by atoms with van der Waals surface area (Å²) in [6.07, 6.45) is 1.77. The zero-order valence-electron chi connectivity index (χ0n) is 16.1. The zero-order chi connectivity index (χ0) is 21.5. The van der Waals surface area contributed by atoms with Crippen LogP contribution in [-0.4, -0.2) is 42.1 Å². The molecule has 0 aromatic heterocycles. The average Bonchev–Trinajstić information content (AvgIpc) is 3.07. The van der Waals surface area contributed by atoms with Crippen LogP contribution in [0.25, 0.3) is 0 Å². The van der Waals surface area contributed by atoms with Crippen LogP contribution in [0.2, 0.25) is 5.02 Å². The van der Waals surface area contributed by atoms with Crippen molar-refractivity contribution in [3.63, 3.8) is 0 Å². The Morgan fingerprint density at radius 1 is 1.17 bits per heavy atom. The fourth-order valence-electron chi connectivity index (χ4n) is 2.60. The van der Waals surface area contributed by atoms with Crippen molar-refractivity contribution in [2.45, 2.75) is 6.42 Å². The summed E-state index contributed by atoms with van der Waals surface area (Å²) in [6.45, 7) is 0.306. The van der Waals surface area contributed by atoms with Crippen molar-refractivity contribution >= 4 is 35.1 Å². The van der Waals surface area contributed by atoms with Gasteiger partial charge in [0, 0.05) is 30.3 Å². The molecule has 2 aromatic rings. The van der Waals surface area contributed by atoms with Crippen LogP contribution in [0.1, 0.15) is 15.9 Å². The molecule has 0 spiro atoms. The minimum absolute atomic E-state index is 0.0439. The summed E-state index contributed by atoms with van der Waals surface area (Å²) in [7, 11) is 1.53. The number of hydrazine groups is 1. The predicted molar refractivity (Wildman–Crippen MR) is 111 cm³/mol. The highest BCUT2D eigenvalue weighted by molar-refractivity contribution is 6.45. The van der Waals surface area contributed by atoms with E-state index in [9.17, 15) is 14.4 Å². The third-order valence-electron chi connectivity index (χ3n) is 4.21.